The van der Waals surface area contributed by atoms with Crippen LogP contribution in [0.5, 0.6) is 0 Å². The zero-order chi connectivity index (χ0) is 14.8. The third-order valence-electron chi connectivity index (χ3n) is 3.09. The molecule has 0 spiro atoms. The Kier molecular flexibility index (Phi) is 4.48. The van der Waals surface area contributed by atoms with E-state index in [0.717, 1.165) is 25.3 Å². The first-order valence-corrected chi connectivity index (χ1v) is 7.16. The van der Waals surface area contributed by atoms with E-state index in [1.54, 1.807) is 6.07 Å². The summed E-state index contributed by atoms with van der Waals surface area (Å²) in [6, 6.07) is 1.80. The minimum atomic E-state index is -0.423. The van der Waals surface area contributed by atoms with Crippen LogP contribution in [0.25, 0.3) is 0 Å². The van der Waals surface area contributed by atoms with Gasteiger partial charge >= 0.3 is 5.97 Å². The summed E-state index contributed by atoms with van der Waals surface area (Å²) in [4.78, 5) is 13.9. The normalized spacial score (nSPS) is 19.2. The molecule has 5 nitrogen and oxygen atoms in total. The first kappa shape index (κ1) is 15.0. The van der Waals surface area contributed by atoms with Crippen LogP contribution >= 0.6 is 11.6 Å². The lowest BCUT2D eigenvalue weighted by Crippen LogP contribution is -2.26. The lowest BCUT2D eigenvalue weighted by Gasteiger charge is -2.21. The van der Waals surface area contributed by atoms with Crippen molar-refractivity contribution in [3.05, 3.63) is 17.3 Å². The molecule has 2 heterocycles. The molecule has 1 fully saturated rings. The van der Waals surface area contributed by atoms with Crippen molar-refractivity contribution < 1.29 is 9.53 Å². The van der Waals surface area contributed by atoms with Crippen molar-refractivity contribution in [3.8, 4) is 0 Å². The van der Waals surface area contributed by atoms with Crippen molar-refractivity contribution in [3.63, 3.8) is 0 Å². The van der Waals surface area contributed by atoms with Crippen LogP contribution in [0.15, 0.2) is 12.3 Å². The van der Waals surface area contributed by atoms with E-state index in [4.69, 9.17) is 16.3 Å². The molecule has 0 aliphatic carbocycles. The van der Waals surface area contributed by atoms with Crippen LogP contribution in [0.3, 0.4) is 0 Å². The summed E-state index contributed by atoms with van der Waals surface area (Å²) in [5, 5.41) is 8.49. The van der Waals surface area contributed by atoms with Gasteiger partial charge in [-0.1, -0.05) is 11.6 Å². The molecule has 1 atom stereocenters. The lowest BCUT2D eigenvalue weighted by molar-refractivity contribution is -0.155. The van der Waals surface area contributed by atoms with Gasteiger partial charge in [0.25, 0.3) is 0 Å². The number of carbonyl (C=O) groups is 1. The predicted octanol–water partition coefficient (Wildman–Crippen LogP) is 2.69. The molecular formula is C14H20ClN3O2. The SMILES string of the molecule is CC(C)(C)OC(=O)C[C@@H]1CCN(c2cc(Cl)cnn2)C1. The van der Waals surface area contributed by atoms with Gasteiger partial charge in [-0.3, -0.25) is 4.79 Å². The first-order valence-electron chi connectivity index (χ1n) is 6.78. The fourth-order valence-electron chi connectivity index (χ4n) is 2.31. The smallest absolute Gasteiger partial charge is 0.306 e. The van der Waals surface area contributed by atoms with Gasteiger partial charge in [-0.25, -0.2) is 0 Å². The third kappa shape index (κ3) is 4.34. The van der Waals surface area contributed by atoms with E-state index in [1.807, 2.05) is 20.8 Å². The maximum Gasteiger partial charge on any atom is 0.306 e. The maximum atomic E-state index is 11.8. The second kappa shape index (κ2) is 5.95. The average Bonchev–Trinajstić information content (AvgIpc) is 2.74. The highest BCUT2D eigenvalue weighted by molar-refractivity contribution is 6.30. The molecule has 0 radical (unpaired) electrons. The van der Waals surface area contributed by atoms with E-state index in [1.165, 1.54) is 6.20 Å². The Labute approximate surface area is 124 Å². The number of rotatable bonds is 3. The van der Waals surface area contributed by atoms with Crippen molar-refractivity contribution in [1.29, 1.82) is 0 Å². The van der Waals surface area contributed by atoms with Crippen LogP contribution in [0.4, 0.5) is 5.82 Å². The summed E-state index contributed by atoms with van der Waals surface area (Å²) in [5.74, 6) is 0.927. The van der Waals surface area contributed by atoms with Gasteiger partial charge in [0.15, 0.2) is 5.82 Å². The number of anilines is 1. The Morgan fingerprint density at radius 1 is 1.55 bits per heavy atom. The zero-order valence-electron chi connectivity index (χ0n) is 12.1. The molecule has 0 amide bonds. The highest BCUT2D eigenvalue weighted by Crippen LogP contribution is 2.26. The van der Waals surface area contributed by atoms with Gasteiger partial charge in [0.1, 0.15) is 5.60 Å². The Morgan fingerprint density at radius 2 is 2.30 bits per heavy atom. The Hall–Kier alpha value is -1.36. The first-order chi connectivity index (χ1) is 9.33. The third-order valence-corrected chi connectivity index (χ3v) is 3.30. The van der Waals surface area contributed by atoms with Crippen molar-refractivity contribution in [2.45, 2.75) is 39.2 Å². The average molecular weight is 298 g/mol. The summed E-state index contributed by atoms with van der Waals surface area (Å²) in [6.07, 6.45) is 2.91. The lowest BCUT2D eigenvalue weighted by atomic mass is 10.1. The Bertz CT molecular complexity index is 488. The Morgan fingerprint density at radius 3 is 2.95 bits per heavy atom. The number of nitrogens with zero attached hydrogens (tertiary/aromatic N) is 3. The fourth-order valence-corrected chi connectivity index (χ4v) is 2.45. The van der Waals surface area contributed by atoms with Crippen molar-refractivity contribution in [2.75, 3.05) is 18.0 Å². The monoisotopic (exact) mass is 297 g/mol. The summed E-state index contributed by atoms with van der Waals surface area (Å²) >= 11 is 5.91. The number of esters is 1. The highest BCUT2D eigenvalue weighted by Gasteiger charge is 2.27. The van der Waals surface area contributed by atoms with E-state index in [0.29, 0.717) is 17.4 Å². The Balaban J connectivity index is 1.88. The summed E-state index contributed by atoms with van der Waals surface area (Å²) in [5.41, 5.74) is -0.423. The van der Waals surface area contributed by atoms with Crippen LogP contribution in [0.1, 0.15) is 33.6 Å². The van der Waals surface area contributed by atoms with Gasteiger partial charge < -0.3 is 9.64 Å². The van der Waals surface area contributed by atoms with Gasteiger partial charge in [-0.05, 0) is 33.1 Å². The van der Waals surface area contributed by atoms with Crippen molar-refractivity contribution in [2.24, 2.45) is 5.92 Å². The van der Waals surface area contributed by atoms with E-state index < -0.39 is 5.60 Å². The zero-order valence-corrected chi connectivity index (χ0v) is 12.9. The number of ether oxygens (including phenoxy) is 1. The molecular weight excluding hydrogens is 278 g/mol. The number of carbonyl (C=O) groups excluding carboxylic acids is 1. The topological polar surface area (TPSA) is 55.3 Å². The van der Waals surface area contributed by atoms with Crippen LogP contribution < -0.4 is 4.90 Å². The number of hydrogen-bond donors (Lipinski definition) is 0. The van der Waals surface area contributed by atoms with E-state index in [2.05, 4.69) is 15.1 Å². The molecule has 0 N–H and O–H groups in total. The number of aromatic nitrogens is 2. The molecule has 0 aromatic carbocycles. The van der Waals surface area contributed by atoms with Crippen LogP contribution in [-0.4, -0.2) is 34.9 Å². The summed E-state index contributed by atoms with van der Waals surface area (Å²) < 4.78 is 5.35. The van der Waals surface area contributed by atoms with E-state index in [-0.39, 0.29) is 5.97 Å². The molecule has 2 rings (SSSR count). The molecule has 1 aliphatic rings. The molecule has 20 heavy (non-hydrogen) atoms. The van der Waals surface area contributed by atoms with Gasteiger partial charge in [-0.2, -0.15) is 5.10 Å². The fraction of sp³-hybridized carbons (Fsp3) is 0.643. The number of hydrogen-bond acceptors (Lipinski definition) is 5. The molecule has 0 bridgehead atoms. The molecule has 0 saturated carbocycles. The van der Waals surface area contributed by atoms with E-state index >= 15 is 0 Å². The summed E-state index contributed by atoms with van der Waals surface area (Å²) in [7, 11) is 0. The predicted molar refractivity (Wildman–Crippen MR) is 77.8 cm³/mol. The van der Waals surface area contributed by atoms with E-state index in [9.17, 15) is 4.79 Å². The molecule has 6 heteroatoms. The second-order valence-corrected chi connectivity index (χ2v) is 6.56. The molecule has 1 aromatic heterocycles. The summed E-state index contributed by atoms with van der Waals surface area (Å²) in [6.45, 7) is 7.30. The molecule has 1 aromatic rings. The minimum Gasteiger partial charge on any atom is -0.460 e. The van der Waals surface area contributed by atoms with Gasteiger partial charge in [-0.15, -0.1) is 5.10 Å². The van der Waals surface area contributed by atoms with Gasteiger partial charge in [0.2, 0.25) is 0 Å². The molecule has 0 unspecified atom stereocenters. The van der Waals surface area contributed by atoms with Crippen LogP contribution in [-0.2, 0) is 9.53 Å². The quantitative estimate of drug-likeness (QED) is 0.803. The highest BCUT2D eigenvalue weighted by atomic mass is 35.5. The largest absolute Gasteiger partial charge is 0.460 e. The van der Waals surface area contributed by atoms with Crippen LogP contribution in [0.2, 0.25) is 5.02 Å². The maximum absolute atomic E-state index is 11.8. The molecule has 1 saturated heterocycles. The standard InChI is InChI=1S/C14H20ClN3O2/c1-14(2,3)20-13(19)6-10-4-5-18(9-10)12-7-11(15)8-16-17-12/h7-8,10H,4-6,9H2,1-3H3/t10-/m0/s1. The van der Waals surface area contributed by atoms with Gasteiger partial charge in [0.05, 0.1) is 17.6 Å². The molecule has 1 aliphatic heterocycles. The van der Waals surface area contributed by atoms with Crippen LogP contribution in [0, 0.1) is 5.92 Å². The van der Waals surface area contributed by atoms with Crippen molar-refractivity contribution >= 4 is 23.4 Å². The minimum absolute atomic E-state index is 0.137. The van der Waals surface area contributed by atoms with Crippen molar-refractivity contribution in [1.82, 2.24) is 10.2 Å². The van der Waals surface area contributed by atoms with Gasteiger partial charge in [0, 0.05) is 19.2 Å². The number of halogens is 1. The molecule has 110 valence electrons. The second-order valence-electron chi connectivity index (χ2n) is 6.12.